The fourth-order valence-corrected chi connectivity index (χ4v) is 2.31. The van der Waals surface area contributed by atoms with Crippen LogP contribution in [0.25, 0.3) is 11.0 Å². The number of carbonyl (C=O) groups is 1. The van der Waals surface area contributed by atoms with E-state index in [9.17, 15) is 4.79 Å². The third kappa shape index (κ3) is 2.96. The van der Waals surface area contributed by atoms with E-state index in [0.717, 1.165) is 11.0 Å². The number of ether oxygens (including phenoxy) is 2. The second-order valence-corrected chi connectivity index (χ2v) is 4.84. The normalized spacial score (nSPS) is 10.5. The van der Waals surface area contributed by atoms with Crippen LogP contribution in [0.15, 0.2) is 48.8 Å². The molecular formula is C17H17N3O3. The van der Waals surface area contributed by atoms with E-state index in [1.807, 2.05) is 31.2 Å². The molecular weight excluding hydrogens is 294 g/mol. The zero-order chi connectivity index (χ0) is 16.2. The molecule has 0 aliphatic rings. The van der Waals surface area contributed by atoms with Gasteiger partial charge in [0.2, 0.25) is 0 Å². The Bertz CT molecular complexity index is 842. The number of aromatic nitrogens is 2. The maximum atomic E-state index is 12.5. The molecule has 0 bridgehead atoms. The first-order valence-corrected chi connectivity index (χ1v) is 7.27. The van der Waals surface area contributed by atoms with Crippen LogP contribution in [-0.2, 0) is 0 Å². The first-order valence-electron chi connectivity index (χ1n) is 7.27. The third-order valence-corrected chi connectivity index (χ3v) is 3.40. The van der Waals surface area contributed by atoms with Crippen LogP contribution < -0.4 is 14.9 Å². The van der Waals surface area contributed by atoms with Crippen LogP contribution in [0.5, 0.6) is 11.5 Å². The van der Waals surface area contributed by atoms with Crippen LogP contribution in [0.4, 0.5) is 0 Å². The molecule has 0 spiro atoms. The molecule has 6 nitrogen and oxygen atoms in total. The molecule has 118 valence electrons. The minimum absolute atomic E-state index is 0.253. The fourth-order valence-electron chi connectivity index (χ4n) is 2.31. The number of fused-ring (bicyclic) bond motifs is 1. The summed E-state index contributed by atoms with van der Waals surface area (Å²) < 4.78 is 12.3. The van der Waals surface area contributed by atoms with Gasteiger partial charge < -0.3 is 9.47 Å². The van der Waals surface area contributed by atoms with Gasteiger partial charge in [-0.3, -0.25) is 10.2 Å². The molecule has 1 aromatic heterocycles. The number of amides is 1. The number of carbonyl (C=O) groups excluding carboxylic acids is 1. The Kier molecular flexibility index (Phi) is 4.14. The number of nitrogens with one attached hydrogen (secondary N) is 1. The number of methoxy groups -OCH3 is 1. The summed E-state index contributed by atoms with van der Waals surface area (Å²) in [5.74, 6) is 0.881. The van der Waals surface area contributed by atoms with E-state index >= 15 is 0 Å². The van der Waals surface area contributed by atoms with Crippen LogP contribution >= 0.6 is 0 Å². The topological polar surface area (TPSA) is 65.4 Å². The van der Waals surface area contributed by atoms with Gasteiger partial charge in [-0.2, -0.15) is 0 Å². The van der Waals surface area contributed by atoms with Gasteiger partial charge in [-0.15, -0.1) is 0 Å². The van der Waals surface area contributed by atoms with Crippen LogP contribution in [-0.4, -0.2) is 29.3 Å². The largest absolute Gasteiger partial charge is 0.493 e. The summed E-state index contributed by atoms with van der Waals surface area (Å²) in [7, 11) is 1.56. The number of imidazole rings is 1. The molecule has 3 rings (SSSR count). The molecule has 0 aliphatic carbocycles. The predicted molar refractivity (Wildman–Crippen MR) is 87.6 cm³/mol. The Labute approximate surface area is 133 Å². The molecule has 1 N–H and O–H groups in total. The number of para-hydroxylation sites is 2. The molecule has 1 heterocycles. The van der Waals surface area contributed by atoms with Crippen molar-refractivity contribution >= 4 is 16.9 Å². The van der Waals surface area contributed by atoms with Crippen molar-refractivity contribution in [3.8, 4) is 11.5 Å². The van der Waals surface area contributed by atoms with Crippen LogP contribution in [0.1, 0.15) is 17.3 Å². The smallest absolute Gasteiger partial charge is 0.270 e. The van der Waals surface area contributed by atoms with Crippen molar-refractivity contribution in [1.29, 1.82) is 0 Å². The molecule has 2 aromatic carbocycles. The van der Waals surface area contributed by atoms with E-state index in [1.165, 1.54) is 0 Å². The highest BCUT2D eigenvalue weighted by Gasteiger charge is 2.12. The third-order valence-electron chi connectivity index (χ3n) is 3.40. The van der Waals surface area contributed by atoms with Crippen molar-refractivity contribution < 1.29 is 14.3 Å². The molecule has 0 unspecified atom stereocenters. The summed E-state index contributed by atoms with van der Waals surface area (Å²) in [5.41, 5.74) is 4.94. The average molecular weight is 311 g/mol. The van der Waals surface area contributed by atoms with Gasteiger partial charge in [0.1, 0.15) is 6.33 Å². The molecule has 0 radical (unpaired) electrons. The number of hydrogen-bond acceptors (Lipinski definition) is 4. The summed E-state index contributed by atoms with van der Waals surface area (Å²) in [5, 5.41) is 0. The molecule has 23 heavy (non-hydrogen) atoms. The van der Waals surface area contributed by atoms with Gasteiger partial charge in [0.05, 0.1) is 24.8 Å². The first-order chi connectivity index (χ1) is 11.2. The zero-order valence-corrected chi connectivity index (χ0v) is 12.9. The first kappa shape index (κ1) is 14.9. The summed E-state index contributed by atoms with van der Waals surface area (Å²) in [6.07, 6.45) is 1.58. The molecule has 0 saturated heterocycles. The average Bonchev–Trinajstić information content (AvgIpc) is 2.98. The van der Waals surface area contributed by atoms with E-state index in [2.05, 4.69) is 10.4 Å². The highest BCUT2D eigenvalue weighted by atomic mass is 16.5. The van der Waals surface area contributed by atoms with Gasteiger partial charge >= 0.3 is 0 Å². The summed E-state index contributed by atoms with van der Waals surface area (Å²) in [6.45, 7) is 2.37. The van der Waals surface area contributed by atoms with E-state index in [1.54, 1.807) is 36.3 Å². The van der Waals surface area contributed by atoms with Crippen LogP contribution in [0, 0.1) is 0 Å². The Hall–Kier alpha value is -3.02. The van der Waals surface area contributed by atoms with Gasteiger partial charge in [-0.05, 0) is 37.3 Å². The monoisotopic (exact) mass is 311 g/mol. The number of benzene rings is 2. The van der Waals surface area contributed by atoms with Crippen LogP contribution in [0.3, 0.4) is 0 Å². The lowest BCUT2D eigenvalue weighted by atomic mass is 10.2. The molecule has 3 aromatic rings. The Morgan fingerprint density at radius 1 is 1.22 bits per heavy atom. The van der Waals surface area contributed by atoms with Crippen molar-refractivity contribution in [2.45, 2.75) is 6.92 Å². The van der Waals surface area contributed by atoms with Gasteiger partial charge in [-0.25, -0.2) is 9.66 Å². The van der Waals surface area contributed by atoms with Crippen molar-refractivity contribution in [1.82, 2.24) is 9.66 Å². The SMILES string of the molecule is CCOc1cc(C(=O)Nn2cnc3ccccc32)ccc1OC. The van der Waals surface area contributed by atoms with E-state index < -0.39 is 0 Å². The van der Waals surface area contributed by atoms with E-state index in [0.29, 0.717) is 23.7 Å². The Balaban J connectivity index is 1.87. The maximum absolute atomic E-state index is 12.5. The summed E-state index contributed by atoms with van der Waals surface area (Å²) in [4.78, 5) is 16.7. The predicted octanol–water partition coefficient (Wildman–Crippen LogP) is 2.83. The Morgan fingerprint density at radius 3 is 2.83 bits per heavy atom. The molecule has 0 fully saturated rings. The van der Waals surface area contributed by atoms with Crippen molar-refractivity contribution in [2.75, 3.05) is 19.1 Å². The maximum Gasteiger partial charge on any atom is 0.270 e. The van der Waals surface area contributed by atoms with E-state index in [-0.39, 0.29) is 5.91 Å². The number of nitrogens with zero attached hydrogens (tertiary/aromatic N) is 2. The lowest BCUT2D eigenvalue weighted by Crippen LogP contribution is -2.22. The quantitative estimate of drug-likeness (QED) is 0.787. The van der Waals surface area contributed by atoms with Crippen molar-refractivity contribution in [2.24, 2.45) is 0 Å². The van der Waals surface area contributed by atoms with E-state index in [4.69, 9.17) is 9.47 Å². The zero-order valence-electron chi connectivity index (χ0n) is 12.9. The van der Waals surface area contributed by atoms with Gasteiger partial charge in [-0.1, -0.05) is 12.1 Å². The lowest BCUT2D eigenvalue weighted by Gasteiger charge is -2.12. The van der Waals surface area contributed by atoms with Gasteiger partial charge in [0.25, 0.3) is 5.91 Å². The minimum Gasteiger partial charge on any atom is -0.493 e. The fraction of sp³-hybridized carbons (Fsp3) is 0.176. The van der Waals surface area contributed by atoms with Gasteiger partial charge in [0.15, 0.2) is 11.5 Å². The number of rotatable bonds is 5. The summed E-state index contributed by atoms with van der Waals surface area (Å²) in [6, 6.07) is 12.6. The summed E-state index contributed by atoms with van der Waals surface area (Å²) >= 11 is 0. The van der Waals surface area contributed by atoms with Crippen molar-refractivity contribution in [3.05, 3.63) is 54.4 Å². The standard InChI is InChI=1S/C17H17N3O3/c1-3-23-16-10-12(8-9-15(16)22-2)17(21)19-20-11-18-13-6-4-5-7-14(13)20/h4-11H,3H2,1-2H3,(H,19,21). The second-order valence-electron chi connectivity index (χ2n) is 4.84. The minimum atomic E-state index is -0.253. The number of hydrogen-bond donors (Lipinski definition) is 1. The molecule has 1 amide bonds. The highest BCUT2D eigenvalue weighted by molar-refractivity contribution is 6.01. The highest BCUT2D eigenvalue weighted by Crippen LogP contribution is 2.28. The van der Waals surface area contributed by atoms with Crippen molar-refractivity contribution in [3.63, 3.8) is 0 Å². The Morgan fingerprint density at radius 2 is 2.04 bits per heavy atom. The van der Waals surface area contributed by atoms with Crippen LogP contribution in [0.2, 0.25) is 0 Å². The molecule has 0 atom stereocenters. The van der Waals surface area contributed by atoms with Gasteiger partial charge in [0, 0.05) is 5.56 Å². The molecule has 0 saturated carbocycles. The lowest BCUT2D eigenvalue weighted by molar-refractivity contribution is 0.101. The second kappa shape index (κ2) is 6.39. The molecule has 6 heteroatoms. The molecule has 0 aliphatic heterocycles.